The highest BCUT2D eigenvalue weighted by molar-refractivity contribution is 7.26. The molecule has 12 rings (SSSR count). The zero-order chi connectivity index (χ0) is 43.4. The second-order valence-electron chi connectivity index (χ2n) is 16.3. The molecule has 0 radical (unpaired) electrons. The minimum absolute atomic E-state index is 0.664. The van der Waals surface area contributed by atoms with Crippen LogP contribution in [0.1, 0.15) is 18.2 Å². The fourth-order valence-electron chi connectivity index (χ4n) is 9.58. The lowest BCUT2D eigenvalue weighted by Crippen LogP contribution is -1.99. The number of pyridine rings is 1. The molecule has 4 aromatic heterocycles. The number of rotatable bonds is 8. The molecule has 65 heavy (non-hydrogen) atoms. The highest BCUT2D eigenvalue weighted by Crippen LogP contribution is 2.46. The van der Waals surface area contributed by atoms with E-state index in [1.54, 1.807) is 11.3 Å². The maximum atomic E-state index is 5.47. The summed E-state index contributed by atoms with van der Waals surface area (Å²) in [4.78, 5) is 15.2. The van der Waals surface area contributed by atoms with Gasteiger partial charge in [0.2, 0.25) is 0 Å². The number of hydrogen-bond acceptors (Lipinski definition) is 4. The molecule has 0 unspecified atom stereocenters. The highest BCUT2D eigenvalue weighted by atomic mass is 32.1. The Morgan fingerprint density at radius 2 is 1.17 bits per heavy atom. The lowest BCUT2D eigenvalue weighted by molar-refractivity contribution is 1.12. The number of fused-ring (bicyclic) bond motifs is 6. The minimum atomic E-state index is 0.664. The van der Waals surface area contributed by atoms with Crippen molar-refractivity contribution in [3.05, 3.63) is 218 Å². The summed E-state index contributed by atoms with van der Waals surface area (Å²) in [5.41, 5.74) is 15.3. The standard InChI is InChI=1S/C60H40N4S/c1-3-15-46-51-34-43-20-11-12-21-44(43)35-55(51)64(53(46)4-2)54-25-14-22-45-47(54)23-13-24-48(45)57-59-58(63-60(62-57)42-30-32-61-33-31-42)52-36-49(50(37-56(52)65-59)40-18-9-6-10-19-40)41-28-26-39(27-29-41)38-16-7-5-8-17-38/h3-37H,2H2,1H3/b15-3-. The molecule has 0 aliphatic heterocycles. The maximum Gasteiger partial charge on any atom is 0.160 e. The van der Waals surface area contributed by atoms with Crippen LogP contribution in [0, 0.1) is 0 Å². The van der Waals surface area contributed by atoms with Gasteiger partial charge in [-0.2, -0.15) is 0 Å². The Morgan fingerprint density at radius 1 is 0.523 bits per heavy atom. The number of allylic oxidation sites excluding steroid dienone is 1. The summed E-state index contributed by atoms with van der Waals surface area (Å²) in [7, 11) is 0. The first-order valence-corrected chi connectivity index (χ1v) is 22.7. The Balaban J connectivity index is 1.11. The Bertz CT molecular complexity index is 3830. The van der Waals surface area contributed by atoms with Crippen LogP contribution in [-0.2, 0) is 0 Å². The van der Waals surface area contributed by atoms with Crippen LogP contribution >= 0.6 is 11.3 Å². The van der Waals surface area contributed by atoms with E-state index in [4.69, 9.17) is 9.97 Å². The van der Waals surface area contributed by atoms with E-state index in [2.05, 4.69) is 205 Å². The Labute approximate surface area is 380 Å². The molecule has 0 atom stereocenters. The van der Waals surface area contributed by atoms with Gasteiger partial charge in [-0.3, -0.25) is 4.98 Å². The highest BCUT2D eigenvalue weighted by Gasteiger charge is 2.23. The predicted octanol–water partition coefficient (Wildman–Crippen LogP) is 16.5. The van der Waals surface area contributed by atoms with Gasteiger partial charge in [0.05, 0.1) is 32.8 Å². The van der Waals surface area contributed by atoms with Crippen LogP contribution in [0.5, 0.6) is 0 Å². The number of aromatic nitrogens is 4. The van der Waals surface area contributed by atoms with Crippen molar-refractivity contribution in [1.82, 2.24) is 19.5 Å². The van der Waals surface area contributed by atoms with Crippen LogP contribution in [0.25, 0.3) is 127 Å². The van der Waals surface area contributed by atoms with Gasteiger partial charge in [0, 0.05) is 49.9 Å². The van der Waals surface area contributed by atoms with E-state index in [-0.39, 0.29) is 0 Å². The third kappa shape index (κ3) is 6.47. The van der Waals surface area contributed by atoms with E-state index in [1.807, 2.05) is 30.6 Å². The van der Waals surface area contributed by atoms with Gasteiger partial charge in [0.1, 0.15) is 0 Å². The van der Waals surface area contributed by atoms with E-state index < -0.39 is 0 Å². The molecule has 0 aliphatic rings. The van der Waals surface area contributed by atoms with Crippen molar-refractivity contribution in [2.24, 2.45) is 0 Å². The van der Waals surface area contributed by atoms with Gasteiger partial charge in [0.15, 0.2) is 5.82 Å². The predicted molar refractivity (Wildman–Crippen MR) is 277 cm³/mol. The Morgan fingerprint density at radius 3 is 1.92 bits per heavy atom. The topological polar surface area (TPSA) is 43.6 Å². The third-order valence-electron chi connectivity index (χ3n) is 12.6. The van der Waals surface area contributed by atoms with Crippen molar-refractivity contribution in [1.29, 1.82) is 0 Å². The molecule has 4 nitrogen and oxygen atoms in total. The molecular weight excluding hydrogens is 809 g/mol. The van der Waals surface area contributed by atoms with E-state index >= 15 is 0 Å². The normalized spacial score (nSPS) is 11.8. The number of thiophene rings is 1. The first kappa shape index (κ1) is 38.4. The second-order valence-corrected chi connectivity index (χ2v) is 17.4. The van der Waals surface area contributed by atoms with Gasteiger partial charge in [-0.05, 0) is 105 Å². The van der Waals surface area contributed by atoms with Crippen molar-refractivity contribution in [2.45, 2.75) is 6.92 Å². The van der Waals surface area contributed by atoms with Crippen LogP contribution in [0.2, 0.25) is 0 Å². The summed E-state index contributed by atoms with van der Waals surface area (Å²) in [6.07, 6.45) is 9.93. The second kappa shape index (κ2) is 15.8. The SMILES string of the molecule is C=Cc1c(/C=C\C)c2cc3ccccc3cc2n1-c1cccc2c(-c3nc(-c4ccncc4)nc4c3sc3cc(-c5ccccc5)c(-c5ccc(-c6ccccc6)cc5)cc34)cccc12. The molecule has 5 heteroatoms. The fourth-order valence-corrected chi connectivity index (χ4v) is 10.8. The van der Waals surface area contributed by atoms with Gasteiger partial charge >= 0.3 is 0 Å². The first-order chi connectivity index (χ1) is 32.1. The summed E-state index contributed by atoms with van der Waals surface area (Å²) in [6, 6.07) is 65.4. The van der Waals surface area contributed by atoms with Gasteiger partial charge < -0.3 is 4.57 Å². The molecule has 0 bridgehead atoms. The first-order valence-electron chi connectivity index (χ1n) is 21.9. The van der Waals surface area contributed by atoms with Crippen molar-refractivity contribution < 1.29 is 0 Å². The van der Waals surface area contributed by atoms with E-state index in [1.165, 1.54) is 38.4 Å². The van der Waals surface area contributed by atoms with Crippen molar-refractivity contribution in [3.8, 4) is 61.7 Å². The summed E-state index contributed by atoms with van der Waals surface area (Å²) in [5, 5.41) is 6.93. The Kier molecular flexibility index (Phi) is 9.36. The number of benzene rings is 8. The third-order valence-corrected chi connectivity index (χ3v) is 13.8. The van der Waals surface area contributed by atoms with Gasteiger partial charge in [-0.1, -0.05) is 158 Å². The average molecular weight is 849 g/mol. The summed E-state index contributed by atoms with van der Waals surface area (Å²) in [6.45, 7) is 6.43. The van der Waals surface area contributed by atoms with Crippen LogP contribution in [0.15, 0.2) is 207 Å². The molecule has 4 heterocycles. The molecule has 306 valence electrons. The van der Waals surface area contributed by atoms with E-state index in [0.717, 1.165) is 81.5 Å². The summed E-state index contributed by atoms with van der Waals surface area (Å²) in [5.74, 6) is 0.664. The van der Waals surface area contributed by atoms with Crippen LogP contribution in [-0.4, -0.2) is 19.5 Å². The largest absolute Gasteiger partial charge is 0.309 e. The molecule has 0 saturated carbocycles. The number of nitrogens with zero attached hydrogens (tertiary/aromatic N) is 4. The molecular formula is C60H40N4S. The molecule has 0 amide bonds. The van der Waals surface area contributed by atoms with E-state index in [0.29, 0.717) is 5.82 Å². The summed E-state index contributed by atoms with van der Waals surface area (Å²) >= 11 is 1.76. The number of hydrogen-bond donors (Lipinski definition) is 0. The van der Waals surface area contributed by atoms with E-state index in [9.17, 15) is 0 Å². The monoisotopic (exact) mass is 848 g/mol. The molecule has 0 fully saturated rings. The van der Waals surface area contributed by atoms with Crippen LogP contribution in [0.3, 0.4) is 0 Å². The maximum absolute atomic E-state index is 5.47. The van der Waals surface area contributed by atoms with Crippen LogP contribution in [0.4, 0.5) is 0 Å². The molecule has 8 aromatic carbocycles. The smallest absolute Gasteiger partial charge is 0.160 e. The Hall–Kier alpha value is -8.25. The van der Waals surface area contributed by atoms with Crippen LogP contribution < -0.4 is 0 Å². The quantitative estimate of drug-likeness (QED) is 0.153. The molecule has 0 aliphatic carbocycles. The molecule has 0 spiro atoms. The van der Waals surface area contributed by atoms with Crippen molar-refractivity contribution >= 4 is 76.2 Å². The lowest BCUT2D eigenvalue weighted by Gasteiger charge is -2.15. The zero-order valence-electron chi connectivity index (χ0n) is 35.6. The van der Waals surface area contributed by atoms with Crippen molar-refractivity contribution in [2.75, 3.05) is 0 Å². The molecule has 0 saturated heterocycles. The minimum Gasteiger partial charge on any atom is -0.309 e. The summed E-state index contributed by atoms with van der Waals surface area (Å²) < 4.78 is 4.59. The molecule has 0 N–H and O–H groups in total. The fraction of sp³-hybridized carbons (Fsp3) is 0.0167. The van der Waals surface area contributed by atoms with Crippen molar-refractivity contribution in [3.63, 3.8) is 0 Å². The van der Waals surface area contributed by atoms with Gasteiger partial charge in [-0.25, -0.2) is 9.97 Å². The average Bonchev–Trinajstić information content (AvgIpc) is 3.89. The zero-order valence-corrected chi connectivity index (χ0v) is 36.4. The van der Waals surface area contributed by atoms with Gasteiger partial charge in [0.25, 0.3) is 0 Å². The lowest BCUT2D eigenvalue weighted by atomic mass is 9.92. The van der Waals surface area contributed by atoms with Gasteiger partial charge in [-0.15, -0.1) is 11.3 Å². The molecule has 12 aromatic rings.